The number of hydrogen-bond acceptors (Lipinski definition) is 3. The largest absolute Gasteiger partial charge is 0.366 e. The molecule has 0 bridgehead atoms. The van der Waals surface area contributed by atoms with Gasteiger partial charge in [-0.05, 0) is 34.1 Å². The molecule has 2 aromatic rings. The molecule has 2 heterocycles. The van der Waals surface area contributed by atoms with Crippen molar-refractivity contribution in [3.63, 3.8) is 0 Å². The van der Waals surface area contributed by atoms with E-state index in [0.717, 1.165) is 0 Å². The first-order chi connectivity index (χ1) is 11.1. The number of amides is 1. The molecule has 1 aliphatic heterocycles. The summed E-state index contributed by atoms with van der Waals surface area (Å²) in [6.07, 6.45) is 1.55. The SMILES string of the molecule is O=C(c1cc(Br)cnc1Cl)N1CCN(c2ccccc2F)CC1. The molecular weight excluding hydrogens is 385 g/mol. The Kier molecular flexibility index (Phi) is 4.82. The van der Waals surface area contributed by atoms with E-state index in [4.69, 9.17) is 11.6 Å². The van der Waals surface area contributed by atoms with Crippen LogP contribution in [0.5, 0.6) is 0 Å². The summed E-state index contributed by atoms with van der Waals surface area (Å²) in [6, 6.07) is 8.34. The van der Waals surface area contributed by atoms with Crippen molar-refractivity contribution < 1.29 is 9.18 Å². The number of piperazine rings is 1. The van der Waals surface area contributed by atoms with Gasteiger partial charge >= 0.3 is 0 Å². The number of rotatable bonds is 2. The van der Waals surface area contributed by atoms with Crippen LogP contribution in [0.4, 0.5) is 10.1 Å². The lowest BCUT2D eigenvalue weighted by Crippen LogP contribution is -2.49. The number of para-hydroxylation sites is 1. The first kappa shape index (κ1) is 16.2. The molecule has 1 aromatic carbocycles. The second-order valence-electron chi connectivity index (χ2n) is 5.22. The number of anilines is 1. The molecule has 1 saturated heterocycles. The summed E-state index contributed by atoms with van der Waals surface area (Å²) in [5.41, 5.74) is 0.946. The van der Waals surface area contributed by atoms with Crippen LogP contribution in [0.25, 0.3) is 0 Å². The maximum atomic E-state index is 13.8. The zero-order valence-electron chi connectivity index (χ0n) is 12.2. The molecule has 4 nitrogen and oxygen atoms in total. The molecule has 0 atom stereocenters. The third-order valence-electron chi connectivity index (χ3n) is 3.80. The fourth-order valence-electron chi connectivity index (χ4n) is 2.60. The number of carbonyl (C=O) groups is 1. The Labute approximate surface area is 147 Å². The van der Waals surface area contributed by atoms with E-state index in [-0.39, 0.29) is 16.9 Å². The van der Waals surface area contributed by atoms with Crippen LogP contribution in [0, 0.1) is 5.82 Å². The molecule has 1 aliphatic rings. The number of benzene rings is 1. The van der Waals surface area contributed by atoms with Crippen LogP contribution in [-0.4, -0.2) is 42.0 Å². The first-order valence-electron chi connectivity index (χ1n) is 7.16. The molecule has 120 valence electrons. The lowest BCUT2D eigenvalue weighted by molar-refractivity contribution is 0.0746. The van der Waals surface area contributed by atoms with Gasteiger partial charge in [-0.15, -0.1) is 0 Å². The summed E-state index contributed by atoms with van der Waals surface area (Å²) in [6.45, 7) is 2.17. The third kappa shape index (κ3) is 3.48. The molecule has 0 unspecified atom stereocenters. The predicted molar refractivity (Wildman–Crippen MR) is 91.5 cm³/mol. The number of hydrogen-bond donors (Lipinski definition) is 0. The third-order valence-corrected chi connectivity index (χ3v) is 4.53. The van der Waals surface area contributed by atoms with Crippen LogP contribution >= 0.6 is 27.5 Å². The van der Waals surface area contributed by atoms with E-state index in [0.29, 0.717) is 41.9 Å². The molecule has 0 spiro atoms. The summed E-state index contributed by atoms with van der Waals surface area (Å²) in [4.78, 5) is 20.2. The fraction of sp³-hybridized carbons (Fsp3) is 0.250. The van der Waals surface area contributed by atoms with Gasteiger partial charge in [0.05, 0.1) is 11.3 Å². The zero-order valence-corrected chi connectivity index (χ0v) is 14.5. The van der Waals surface area contributed by atoms with E-state index in [1.54, 1.807) is 29.3 Å². The highest BCUT2D eigenvalue weighted by molar-refractivity contribution is 9.10. The van der Waals surface area contributed by atoms with Crippen molar-refractivity contribution >= 4 is 39.1 Å². The van der Waals surface area contributed by atoms with Crippen molar-refractivity contribution in [3.8, 4) is 0 Å². The number of pyridine rings is 1. The van der Waals surface area contributed by atoms with E-state index in [1.807, 2.05) is 11.0 Å². The molecule has 1 amide bonds. The van der Waals surface area contributed by atoms with Gasteiger partial charge in [0.2, 0.25) is 0 Å². The normalized spacial score (nSPS) is 14.9. The van der Waals surface area contributed by atoms with Gasteiger partial charge in [-0.1, -0.05) is 23.7 Å². The summed E-state index contributed by atoms with van der Waals surface area (Å²) < 4.78 is 14.5. The lowest BCUT2D eigenvalue weighted by Gasteiger charge is -2.36. The highest BCUT2D eigenvalue weighted by atomic mass is 79.9. The topological polar surface area (TPSA) is 36.4 Å². The van der Waals surface area contributed by atoms with Gasteiger partial charge in [-0.3, -0.25) is 4.79 Å². The van der Waals surface area contributed by atoms with Crippen molar-refractivity contribution in [1.82, 2.24) is 9.88 Å². The van der Waals surface area contributed by atoms with E-state index in [1.165, 1.54) is 6.07 Å². The monoisotopic (exact) mass is 397 g/mol. The Morgan fingerprint density at radius 1 is 1.22 bits per heavy atom. The van der Waals surface area contributed by atoms with E-state index >= 15 is 0 Å². The van der Waals surface area contributed by atoms with Crippen LogP contribution < -0.4 is 4.90 Å². The van der Waals surface area contributed by atoms with Gasteiger partial charge in [-0.2, -0.15) is 0 Å². The van der Waals surface area contributed by atoms with Crippen molar-refractivity contribution in [2.45, 2.75) is 0 Å². The van der Waals surface area contributed by atoms with E-state index in [2.05, 4.69) is 20.9 Å². The Morgan fingerprint density at radius 3 is 2.61 bits per heavy atom. The minimum Gasteiger partial charge on any atom is -0.366 e. The van der Waals surface area contributed by atoms with E-state index < -0.39 is 0 Å². The summed E-state index contributed by atoms with van der Waals surface area (Å²) in [5, 5.41) is 0.190. The molecule has 0 aliphatic carbocycles. The minimum atomic E-state index is -0.244. The Morgan fingerprint density at radius 2 is 1.91 bits per heavy atom. The van der Waals surface area contributed by atoms with Gasteiger partial charge < -0.3 is 9.80 Å². The zero-order chi connectivity index (χ0) is 16.4. The smallest absolute Gasteiger partial charge is 0.257 e. The lowest BCUT2D eigenvalue weighted by atomic mass is 10.2. The van der Waals surface area contributed by atoms with Crippen LogP contribution in [0.3, 0.4) is 0 Å². The van der Waals surface area contributed by atoms with Gasteiger partial charge in [0.1, 0.15) is 11.0 Å². The molecule has 1 aromatic heterocycles. The molecule has 0 saturated carbocycles. The van der Waals surface area contributed by atoms with Crippen molar-refractivity contribution in [2.75, 3.05) is 31.1 Å². The molecule has 3 rings (SSSR count). The van der Waals surface area contributed by atoms with Crippen LogP contribution in [0.1, 0.15) is 10.4 Å². The minimum absolute atomic E-state index is 0.156. The molecule has 0 radical (unpaired) electrons. The first-order valence-corrected chi connectivity index (χ1v) is 8.33. The van der Waals surface area contributed by atoms with Crippen LogP contribution in [0.2, 0.25) is 5.15 Å². The average Bonchev–Trinajstić information content (AvgIpc) is 2.57. The van der Waals surface area contributed by atoms with Gasteiger partial charge in [0.15, 0.2) is 0 Å². The second kappa shape index (κ2) is 6.84. The Balaban J connectivity index is 1.70. The maximum Gasteiger partial charge on any atom is 0.257 e. The van der Waals surface area contributed by atoms with Crippen molar-refractivity contribution in [2.24, 2.45) is 0 Å². The standard InChI is InChI=1S/C16H14BrClFN3O/c17-11-9-12(15(18)20-10-11)16(23)22-7-5-21(6-8-22)14-4-2-1-3-13(14)19/h1-4,9-10H,5-8H2. The molecular formula is C16H14BrClFN3O. The summed E-state index contributed by atoms with van der Waals surface area (Å²) >= 11 is 9.31. The fourth-order valence-corrected chi connectivity index (χ4v) is 3.12. The van der Waals surface area contributed by atoms with Crippen molar-refractivity contribution in [3.05, 3.63) is 57.5 Å². The predicted octanol–water partition coefficient (Wildman–Crippen LogP) is 3.60. The number of halogens is 3. The highest BCUT2D eigenvalue weighted by Crippen LogP contribution is 2.23. The van der Waals surface area contributed by atoms with Crippen molar-refractivity contribution in [1.29, 1.82) is 0 Å². The van der Waals surface area contributed by atoms with Gasteiger partial charge in [0.25, 0.3) is 5.91 Å². The molecule has 23 heavy (non-hydrogen) atoms. The number of aromatic nitrogens is 1. The molecule has 0 N–H and O–H groups in total. The average molecular weight is 399 g/mol. The van der Waals surface area contributed by atoms with Crippen LogP contribution in [0.15, 0.2) is 41.0 Å². The quantitative estimate of drug-likeness (QED) is 0.725. The van der Waals surface area contributed by atoms with Crippen LogP contribution in [-0.2, 0) is 0 Å². The molecule has 1 fully saturated rings. The number of carbonyl (C=O) groups excluding carboxylic acids is 1. The summed E-state index contributed by atoms with van der Waals surface area (Å²) in [7, 11) is 0. The highest BCUT2D eigenvalue weighted by Gasteiger charge is 2.25. The Bertz CT molecular complexity index is 735. The maximum absolute atomic E-state index is 13.8. The van der Waals surface area contributed by atoms with Gasteiger partial charge in [0, 0.05) is 36.8 Å². The van der Waals surface area contributed by atoms with E-state index in [9.17, 15) is 9.18 Å². The second-order valence-corrected chi connectivity index (χ2v) is 6.50. The summed E-state index contributed by atoms with van der Waals surface area (Å²) in [5.74, 6) is -0.400. The Hall–Kier alpha value is -1.66. The number of nitrogens with zero attached hydrogens (tertiary/aromatic N) is 3. The molecule has 7 heteroatoms. The van der Waals surface area contributed by atoms with Gasteiger partial charge in [-0.25, -0.2) is 9.37 Å².